The maximum absolute atomic E-state index is 12.3. The van der Waals surface area contributed by atoms with Gasteiger partial charge in [-0.3, -0.25) is 0 Å². The number of rotatable bonds is 8. The van der Waals surface area contributed by atoms with E-state index in [1.807, 2.05) is 6.92 Å². The summed E-state index contributed by atoms with van der Waals surface area (Å²) in [5.41, 5.74) is 1.01. The number of hydrogen-bond acceptors (Lipinski definition) is 3. The molecule has 0 aliphatic rings. The number of nitrogens with zero attached hydrogens (tertiary/aromatic N) is 1. The highest BCUT2D eigenvalue weighted by molar-refractivity contribution is 7.89. The fourth-order valence-electron chi connectivity index (χ4n) is 2.15. The summed E-state index contributed by atoms with van der Waals surface area (Å²) in [6.07, 6.45) is 3.82. The van der Waals surface area contributed by atoms with E-state index < -0.39 is 16.1 Å². The summed E-state index contributed by atoms with van der Waals surface area (Å²) in [6.45, 7) is 5.77. The molecule has 1 aromatic rings. The van der Waals surface area contributed by atoms with Gasteiger partial charge in [-0.25, -0.2) is 13.1 Å². The van der Waals surface area contributed by atoms with E-state index in [9.17, 15) is 13.7 Å². The molecule has 0 aliphatic carbocycles. The molecule has 0 saturated heterocycles. The second kappa shape index (κ2) is 8.16. The Morgan fingerprint density at radius 2 is 1.86 bits per heavy atom. The second-order valence-electron chi connectivity index (χ2n) is 5.45. The lowest BCUT2D eigenvalue weighted by Gasteiger charge is -2.19. The molecule has 5 heteroatoms. The van der Waals surface area contributed by atoms with Crippen LogP contribution in [0.5, 0.6) is 0 Å². The van der Waals surface area contributed by atoms with Crippen molar-refractivity contribution in [3.63, 3.8) is 0 Å². The molecule has 0 radical (unpaired) electrons. The fourth-order valence-corrected chi connectivity index (χ4v) is 3.44. The summed E-state index contributed by atoms with van der Waals surface area (Å²) in [4.78, 5) is 0.241. The molecule has 21 heavy (non-hydrogen) atoms. The van der Waals surface area contributed by atoms with Crippen molar-refractivity contribution in [1.82, 2.24) is 4.72 Å². The van der Waals surface area contributed by atoms with Gasteiger partial charge < -0.3 is 0 Å². The molecule has 0 bridgehead atoms. The van der Waals surface area contributed by atoms with Crippen molar-refractivity contribution in [1.29, 1.82) is 5.26 Å². The Morgan fingerprint density at radius 1 is 1.24 bits per heavy atom. The number of benzene rings is 1. The Morgan fingerprint density at radius 3 is 2.38 bits per heavy atom. The molecule has 0 heterocycles. The van der Waals surface area contributed by atoms with Gasteiger partial charge in [0.2, 0.25) is 10.0 Å². The highest BCUT2D eigenvalue weighted by Gasteiger charge is 2.23. The van der Waals surface area contributed by atoms with E-state index in [1.54, 1.807) is 31.2 Å². The van der Waals surface area contributed by atoms with Crippen molar-refractivity contribution in [3.8, 4) is 6.07 Å². The molecule has 1 rings (SSSR count). The molecular formula is C16H24N2O2S. The maximum atomic E-state index is 12.3. The topological polar surface area (TPSA) is 70.0 Å². The van der Waals surface area contributed by atoms with E-state index in [4.69, 9.17) is 0 Å². The third kappa shape index (κ3) is 5.49. The molecule has 2 atom stereocenters. The smallest absolute Gasteiger partial charge is 0.207 e. The van der Waals surface area contributed by atoms with Crippen LogP contribution in [0.3, 0.4) is 0 Å². The Kier molecular flexibility index (Phi) is 6.86. The van der Waals surface area contributed by atoms with Gasteiger partial charge >= 0.3 is 0 Å². The molecule has 0 saturated carbocycles. The van der Waals surface area contributed by atoms with Crippen LogP contribution in [0.1, 0.15) is 45.1 Å². The highest BCUT2D eigenvalue weighted by Crippen LogP contribution is 2.16. The van der Waals surface area contributed by atoms with Crippen molar-refractivity contribution >= 4 is 10.0 Å². The van der Waals surface area contributed by atoms with Gasteiger partial charge in [-0.1, -0.05) is 43.9 Å². The van der Waals surface area contributed by atoms with Crippen molar-refractivity contribution in [3.05, 3.63) is 29.8 Å². The molecular weight excluding hydrogens is 284 g/mol. The molecule has 0 aliphatic heterocycles. The standard InChI is InChI=1S/C16H24N2O2S/c1-4-5-6-7-15(12-17)14(3)18-21(19,20)16-10-8-13(2)9-11-16/h8-11,14-15,18H,4-7H2,1-3H3/t14-,15-/m1/s1. The van der Waals surface area contributed by atoms with E-state index in [2.05, 4.69) is 17.7 Å². The molecule has 0 aromatic heterocycles. The lowest BCUT2D eigenvalue weighted by Crippen LogP contribution is -2.37. The third-order valence-corrected chi connectivity index (χ3v) is 5.14. The minimum Gasteiger partial charge on any atom is -0.207 e. The Bertz CT molecular complexity index is 573. The molecule has 116 valence electrons. The van der Waals surface area contributed by atoms with Crippen molar-refractivity contribution < 1.29 is 8.42 Å². The van der Waals surface area contributed by atoms with Crippen LogP contribution in [0.2, 0.25) is 0 Å². The Balaban J connectivity index is 2.73. The van der Waals surface area contributed by atoms with Crippen LogP contribution in [0.15, 0.2) is 29.2 Å². The Hall–Kier alpha value is -1.38. The third-order valence-electron chi connectivity index (χ3n) is 3.56. The van der Waals surface area contributed by atoms with Crippen LogP contribution in [-0.4, -0.2) is 14.5 Å². The summed E-state index contributed by atoms with van der Waals surface area (Å²) >= 11 is 0. The second-order valence-corrected chi connectivity index (χ2v) is 7.17. The predicted molar refractivity (Wildman–Crippen MR) is 84.2 cm³/mol. The first kappa shape index (κ1) is 17.7. The lowest BCUT2D eigenvalue weighted by atomic mass is 9.97. The van der Waals surface area contributed by atoms with E-state index in [1.165, 1.54) is 0 Å². The van der Waals surface area contributed by atoms with Crippen LogP contribution >= 0.6 is 0 Å². The van der Waals surface area contributed by atoms with Gasteiger partial charge in [0.05, 0.1) is 16.9 Å². The van der Waals surface area contributed by atoms with E-state index >= 15 is 0 Å². The van der Waals surface area contributed by atoms with Gasteiger partial charge in [0.25, 0.3) is 0 Å². The van der Waals surface area contributed by atoms with E-state index in [-0.39, 0.29) is 10.8 Å². The number of unbranched alkanes of at least 4 members (excludes halogenated alkanes) is 2. The molecule has 4 nitrogen and oxygen atoms in total. The lowest BCUT2D eigenvalue weighted by molar-refractivity contribution is 0.448. The quantitative estimate of drug-likeness (QED) is 0.748. The molecule has 0 unspecified atom stereocenters. The highest BCUT2D eigenvalue weighted by atomic mass is 32.2. The monoisotopic (exact) mass is 308 g/mol. The molecule has 0 spiro atoms. The number of aryl methyl sites for hydroxylation is 1. The summed E-state index contributed by atoms with van der Waals surface area (Å²) in [7, 11) is -3.56. The zero-order valence-corrected chi connectivity index (χ0v) is 13.8. The van der Waals surface area contributed by atoms with Gasteiger partial charge in [0, 0.05) is 6.04 Å². The summed E-state index contributed by atoms with van der Waals surface area (Å²) in [6, 6.07) is 8.53. The van der Waals surface area contributed by atoms with Crippen LogP contribution in [0, 0.1) is 24.2 Å². The molecule has 0 fully saturated rings. The largest absolute Gasteiger partial charge is 0.240 e. The summed E-state index contributed by atoms with van der Waals surface area (Å²) in [5.74, 6) is -0.295. The fraction of sp³-hybridized carbons (Fsp3) is 0.562. The van der Waals surface area contributed by atoms with E-state index in [0.717, 1.165) is 31.2 Å². The van der Waals surface area contributed by atoms with Crippen molar-refractivity contribution in [2.75, 3.05) is 0 Å². The minimum absolute atomic E-state index is 0.241. The maximum Gasteiger partial charge on any atom is 0.240 e. The van der Waals surface area contributed by atoms with Crippen LogP contribution < -0.4 is 4.72 Å². The average Bonchev–Trinajstić information content (AvgIpc) is 2.43. The number of nitriles is 1. The zero-order chi connectivity index (χ0) is 15.9. The SMILES string of the molecule is CCCCC[C@H](C#N)[C@@H](C)NS(=O)(=O)c1ccc(C)cc1. The number of sulfonamides is 1. The number of hydrogen-bond donors (Lipinski definition) is 1. The van der Waals surface area contributed by atoms with Crippen molar-refractivity contribution in [2.45, 2.75) is 57.4 Å². The predicted octanol–water partition coefficient (Wildman–Crippen LogP) is 3.38. The average molecular weight is 308 g/mol. The number of nitrogens with one attached hydrogen (secondary N) is 1. The van der Waals surface area contributed by atoms with Crippen molar-refractivity contribution in [2.24, 2.45) is 5.92 Å². The first-order valence-electron chi connectivity index (χ1n) is 7.39. The van der Waals surface area contributed by atoms with Gasteiger partial charge in [-0.2, -0.15) is 5.26 Å². The van der Waals surface area contributed by atoms with Gasteiger partial charge in [-0.05, 0) is 32.4 Å². The van der Waals surface area contributed by atoms with Gasteiger partial charge in [0.15, 0.2) is 0 Å². The minimum atomic E-state index is -3.56. The summed E-state index contributed by atoms with van der Waals surface area (Å²) < 4.78 is 27.2. The molecule has 1 aromatic carbocycles. The first-order chi connectivity index (χ1) is 9.90. The first-order valence-corrected chi connectivity index (χ1v) is 8.87. The van der Waals surface area contributed by atoms with Crippen LogP contribution in [0.4, 0.5) is 0 Å². The molecule has 0 amide bonds. The molecule has 1 N–H and O–H groups in total. The summed E-state index contributed by atoms with van der Waals surface area (Å²) in [5, 5.41) is 9.21. The van der Waals surface area contributed by atoms with Gasteiger partial charge in [0.1, 0.15) is 0 Å². The Labute approximate surface area is 128 Å². The van der Waals surface area contributed by atoms with Gasteiger partial charge in [-0.15, -0.1) is 0 Å². The normalized spacial score (nSPS) is 14.4. The zero-order valence-electron chi connectivity index (χ0n) is 13.0. The van der Waals surface area contributed by atoms with Crippen LogP contribution in [-0.2, 0) is 10.0 Å². The van der Waals surface area contributed by atoms with Crippen LogP contribution in [0.25, 0.3) is 0 Å². The van der Waals surface area contributed by atoms with E-state index in [0.29, 0.717) is 0 Å².